The van der Waals surface area contributed by atoms with Gasteiger partial charge in [0.2, 0.25) is 11.8 Å². The predicted molar refractivity (Wildman–Crippen MR) is 126 cm³/mol. The molecule has 0 heterocycles. The second-order valence-electron chi connectivity index (χ2n) is 9.14. The zero-order chi connectivity index (χ0) is 22.4. The van der Waals surface area contributed by atoms with Crippen LogP contribution in [-0.4, -0.2) is 28.8 Å². The molecule has 2 amide bonds. The third-order valence-electron chi connectivity index (χ3n) is 6.36. The van der Waals surface area contributed by atoms with E-state index in [1.807, 2.05) is 39.0 Å². The number of rotatable bonds is 7. The summed E-state index contributed by atoms with van der Waals surface area (Å²) in [6.07, 6.45) is 5.94. The van der Waals surface area contributed by atoms with E-state index in [-0.39, 0.29) is 17.9 Å². The first-order valence-corrected chi connectivity index (χ1v) is 11.5. The average molecular weight is 421 g/mol. The Morgan fingerprint density at radius 1 is 1.00 bits per heavy atom. The maximum Gasteiger partial charge on any atom is 0.242 e. The monoisotopic (exact) mass is 420 g/mol. The molecule has 0 aromatic heterocycles. The van der Waals surface area contributed by atoms with Crippen molar-refractivity contribution < 1.29 is 9.59 Å². The van der Waals surface area contributed by atoms with Crippen molar-refractivity contribution in [3.05, 3.63) is 70.3 Å². The highest BCUT2D eigenvalue weighted by Gasteiger charge is 2.28. The van der Waals surface area contributed by atoms with Crippen molar-refractivity contribution in [3.8, 4) is 0 Å². The topological polar surface area (TPSA) is 49.4 Å². The number of carbonyl (C=O) groups is 2. The molecule has 4 heteroatoms. The van der Waals surface area contributed by atoms with E-state index in [0.717, 1.165) is 53.5 Å². The van der Waals surface area contributed by atoms with Crippen LogP contribution in [0.5, 0.6) is 0 Å². The van der Waals surface area contributed by atoms with Crippen molar-refractivity contribution >= 4 is 11.8 Å². The van der Waals surface area contributed by atoms with Gasteiger partial charge in [-0.05, 0) is 57.2 Å². The molecule has 1 aliphatic rings. The molecule has 166 valence electrons. The molecular weight excluding hydrogens is 384 g/mol. The Bertz CT molecular complexity index is 895. The van der Waals surface area contributed by atoms with E-state index < -0.39 is 6.04 Å². The zero-order valence-electron chi connectivity index (χ0n) is 19.4. The Kier molecular flexibility index (Phi) is 7.89. The van der Waals surface area contributed by atoms with Gasteiger partial charge in [0.05, 0.1) is 6.42 Å². The minimum Gasteiger partial charge on any atom is -0.352 e. The lowest BCUT2D eigenvalue weighted by Gasteiger charge is -2.31. The number of amides is 2. The Morgan fingerprint density at radius 2 is 1.65 bits per heavy atom. The highest BCUT2D eigenvalue weighted by atomic mass is 16.2. The third-order valence-corrected chi connectivity index (χ3v) is 6.36. The summed E-state index contributed by atoms with van der Waals surface area (Å²) >= 11 is 0. The van der Waals surface area contributed by atoms with E-state index in [0.29, 0.717) is 13.0 Å². The average Bonchev–Trinajstić information content (AvgIpc) is 2.72. The lowest BCUT2D eigenvalue weighted by Crippen LogP contribution is -2.50. The zero-order valence-corrected chi connectivity index (χ0v) is 19.4. The quantitative estimate of drug-likeness (QED) is 0.684. The summed E-state index contributed by atoms with van der Waals surface area (Å²) in [4.78, 5) is 28.3. The third kappa shape index (κ3) is 6.43. The van der Waals surface area contributed by atoms with Crippen LogP contribution in [0.15, 0.2) is 42.5 Å². The van der Waals surface area contributed by atoms with Crippen LogP contribution in [0.25, 0.3) is 0 Å². The number of nitrogens with one attached hydrogen (secondary N) is 1. The largest absolute Gasteiger partial charge is 0.352 e. The van der Waals surface area contributed by atoms with Crippen LogP contribution < -0.4 is 5.32 Å². The molecule has 0 saturated heterocycles. The number of hydrogen-bond donors (Lipinski definition) is 1. The van der Waals surface area contributed by atoms with E-state index in [1.54, 1.807) is 4.90 Å². The van der Waals surface area contributed by atoms with Crippen LogP contribution in [0.1, 0.15) is 66.8 Å². The highest BCUT2D eigenvalue weighted by molar-refractivity contribution is 5.88. The van der Waals surface area contributed by atoms with Gasteiger partial charge < -0.3 is 10.2 Å². The molecule has 3 rings (SSSR count). The minimum atomic E-state index is -0.514. The molecule has 1 saturated carbocycles. The molecule has 2 aromatic carbocycles. The number of carbonyl (C=O) groups excluding carboxylic acids is 2. The molecule has 1 fully saturated rings. The molecule has 4 nitrogen and oxygen atoms in total. The van der Waals surface area contributed by atoms with Gasteiger partial charge >= 0.3 is 0 Å². The molecular formula is C27H36N2O2. The van der Waals surface area contributed by atoms with Crippen molar-refractivity contribution in [2.45, 2.75) is 84.8 Å². The molecule has 0 aliphatic heterocycles. The highest BCUT2D eigenvalue weighted by Crippen LogP contribution is 2.19. The summed E-state index contributed by atoms with van der Waals surface area (Å²) in [5, 5.41) is 3.20. The molecule has 1 N–H and O–H groups in total. The predicted octanol–water partition coefficient (Wildman–Crippen LogP) is 5.02. The molecule has 0 spiro atoms. The van der Waals surface area contributed by atoms with Gasteiger partial charge in [-0.25, -0.2) is 0 Å². The van der Waals surface area contributed by atoms with Crippen molar-refractivity contribution in [2.75, 3.05) is 0 Å². The first-order valence-electron chi connectivity index (χ1n) is 11.5. The van der Waals surface area contributed by atoms with E-state index in [2.05, 4.69) is 36.5 Å². The number of aryl methyl sites for hydroxylation is 3. The number of benzene rings is 2. The molecule has 31 heavy (non-hydrogen) atoms. The normalized spacial score (nSPS) is 15.4. The van der Waals surface area contributed by atoms with Gasteiger partial charge in [-0.3, -0.25) is 9.59 Å². The summed E-state index contributed by atoms with van der Waals surface area (Å²) in [6.45, 7) is 8.44. The first kappa shape index (κ1) is 23.1. The van der Waals surface area contributed by atoms with Crippen LogP contribution in [-0.2, 0) is 22.6 Å². The fraction of sp³-hybridized carbons (Fsp3) is 0.481. The van der Waals surface area contributed by atoms with Gasteiger partial charge in [-0.2, -0.15) is 0 Å². The molecule has 0 bridgehead atoms. The summed E-state index contributed by atoms with van der Waals surface area (Å²) in [6, 6.07) is 14.0. The lowest BCUT2D eigenvalue weighted by atomic mass is 9.95. The Morgan fingerprint density at radius 3 is 2.29 bits per heavy atom. The van der Waals surface area contributed by atoms with Gasteiger partial charge in [0, 0.05) is 12.6 Å². The van der Waals surface area contributed by atoms with Gasteiger partial charge in [-0.15, -0.1) is 0 Å². The Labute approximate surface area is 187 Å². The van der Waals surface area contributed by atoms with Crippen LogP contribution in [0.4, 0.5) is 0 Å². The van der Waals surface area contributed by atoms with Crippen molar-refractivity contribution in [1.29, 1.82) is 0 Å². The smallest absolute Gasteiger partial charge is 0.242 e. The Hall–Kier alpha value is -2.62. The molecule has 0 radical (unpaired) electrons. The SMILES string of the molecule is Cc1cc(C)cc(CC(=O)N(Cc2ccccc2C)C(C)C(=O)NC2CCCCC2)c1. The van der Waals surface area contributed by atoms with Gasteiger partial charge in [-0.1, -0.05) is 72.9 Å². The van der Waals surface area contributed by atoms with Gasteiger partial charge in [0.25, 0.3) is 0 Å². The number of hydrogen-bond acceptors (Lipinski definition) is 2. The summed E-state index contributed by atoms with van der Waals surface area (Å²) in [5.74, 6) is -0.0613. The van der Waals surface area contributed by atoms with Crippen molar-refractivity contribution in [1.82, 2.24) is 10.2 Å². The van der Waals surface area contributed by atoms with Gasteiger partial charge in [0.1, 0.15) is 6.04 Å². The van der Waals surface area contributed by atoms with E-state index in [1.165, 1.54) is 6.42 Å². The van der Waals surface area contributed by atoms with Crippen LogP contribution in [0.2, 0.25) is 0 Å². The standard InChI is InChI=1S/C27H36N2O2/c1-19-14-20(2)16-23(15-19)17-26(30)29(18-24-11-9-8-10-21(24)3)22(4)27(31)28-25-12-6-5-7-13-25/h8-11,14-16,22,25H,5-7,12-13,17-18H2,1-4H3,(H,28,31). The van der Waals surface area contributed by atoms with E-state index in [9.17, 15) is 9.59 Å². The molecule has 2 aromatic rings. The summed E-state index contributed by atoms with van der Waals surface area (Å²) in [7, 11) is 0. The number of nitrogens with zero attached hydrogens (tertiary/aromatic N) is 1. The summed E-state index contributed by atoms with van der Waals surface area (Å²) < 4.78 is 0. The van der Waals surface area contributed by atoms with E-state index >= 15 is 0 Å². The van der Waals surface area contributed by atoms with Gasteiger partial charge in [0.15, 0.2) is 0 Å². The first-order chi connectivity index (χ1) is 14.8. The van der Waals surface area contributed by atoms with Crippen molar-refractivity contribution in [3.63, 3.8) is 0 Å². The van der Waals surface area contributed by atoms with E-state index in [4.69, 9.17) is 0 Å². The summed E-state index contributed by atoms with van der Waals surface area (Å²) in [5.41, 5.74) is 5.50. The fourth-order valence-corrected chi connectivity index (χ4v) is 4.57. The molecule has 1 unspecified atom stereocenters. The molecule has 1 aliphatic carbocycles. The van der Waals surface area contributed by atoms with Crippen LogP contribution in [0, 0.1) is 20.8 Å². The maximum absolute atomic E-state index is 13.4. The van der Waals surface area contributed by atoms with Crippen LogP contribution in [0.3, 0.4) is 0 Å². The fourth-order valence-electron chi connectivity index (χ4n) is 4.57. The second kappa shape index (κ2) is 10.6. The van der Waals surface area contributed by atoms with Crippen molar-refractivity contribution in [2.24, 2.45) is 0 Å². The lowest BCUT2D eigenvalue weighted by molar-refractivity contribution is -0.140. The van der Waals surface area contributed by atoms with Crippen LogP contribution >= 0.6 is 0 Å². The second-order valence-corrected chi connectivity index (χ2v) is 9.14. The maximum atomic E-state index is 13.4. The minimum absolute atomic E-state index is 0.0143. The molecule has 1 atom stereocenters. The Balaban J connectivity index is 1.79.